The summed E-state index contributed by atoms with van der Waals surface area (Å²) in [5, 5.41) is 12.1. The predicted molar refractivity (Wildman–Crippen MR) is 80.2 cm³/mol. The van der Waals surface area contributed by atoms with Crippen molar-refractivity contribution in [2.75, 3.05) is 14.2 Å². The van der Waals surface area contributed by atoms with E-state index in [0.717, 1.165) is 16.5 Å². The molecule has 0 aliphatic heterocycles. The highest BCUT2D eigenvalue weighted by atomic mass is 16.5. The van der Waals surface area contributed by atoms with E-state index in [2.05, 4.69) is 0 Å². The van der Waals surface area contributed by atoms with Gasteiger partial charge in [-0.15, -0.1) is 0 Å². The number of carbonyl (C=O) groups is 1. The molecule has 3 rings (SSSR count). The van der Waals surface area contributed by atoms with Gasteiger partial charge in [-0.1, -0.05) is 6.07 Å². The predicted octanol–water partition coefficient (Wildman–Crippen LogP) is 3.53. The zero-order valence-electron chi connectivity index (χ0n) is 12.4. The maximum absolute atomic E-state index is 12.2. The van der Waals surface area contributed by atoms with Crippen LogP contribution in [-0.4, -0.2) is 25.1 Å². The van der Waals surface area contributed by atoms with Gasteiger partial charge in [0, 0.05) is 13.5 Å². The summed E-state index contributed by atoms with van der Waals surface area (Å²) in [6, 6.07) is 5.77. The third-order valence-electron chi connectivity index (χ3n) is 4.11. The zero-order valence-corrected chi connectivity index (χ0v) is 12.4. The Morgan fingerprint density at radius 2 is 2.00 bits per heavy atom. The number of ether oxygens (including phenoxy) is 2. The van der Waals surface area contributed by atoms with Gasteiger partial charge in [0.15, 0.2) is 5.78 Å². The van der Waals surface area contributed by atoms with Gasteiger partial charge in [-0.2, -0.15) is 0 Å². The average molecular weight is 286 g/mol. The van der Waals surface area contributed by atoms with Crippen LogP contribution in [0.5, 0.6) is 11.5 Å². The lowest BCUT2D eigenvalue weighted by Gasteiger charge is -2.25. The first kappa shape index (κ1) is 13.9. The number of ketones is 1. The number of phenols is 1. The summed E-state index contributed by atoms with van der Waals surface area (Å²) in [6.45, 7) is 1.97. The summed E-state index contributed by atoms with van der Waals surface area (Å²) in [7, 11) is 3.19. The second-order valence-electron chi connectivity index (χ2n) is 5.44. The fourth-order valence-electron chi connectivity index (χ4n) is 3.14. The van der Waals surface area contributed by atoms with Crippen molar-refractivity contribution in [1.29, 1.82) is 0 Å². The Balaban J connectivity index is 2.40. The van der Waals surface area contributed by atoms with Crippen molar-refractivity contribution in [3.8, 4) is 11.5 Å². The lowest BCUT2D eigenvalue weighted by molar-refractivity contribution is 0.0734. The van der Waals surface area contributed by atoms with Crippen molar-refractivity contribution in [3.05, 3.63) is 34.9 Å². The molecule has 0 bridgehead atoms. The zero-order chi connectivity index (χ0) is 15.1. The van der Waals surface area contributed by atoms with E-state index in [-0.39, 0.29) is 17.6 Å². The molecular formula is C17H18O4. The molecule has 1 N–H and O–H groups in total. The van der Waals surface area contributed by atoms with Crippen LogP contribution in [0, 0.1) is 6.92 Å². The first-order valence-electron chi connectivity index (χ1n) is 6.97. The van der Waals surface area contributed by atoms with Crippen LogP contribution >= 0.6 is 0 Å². The highest BCUT2D eigenvalue weighted by Gasteiger charge is 2.30. The Kier molecular flexibility index (Phi) is 3.33. The quantitative estimate of drug-likeness (QED) is 0.917. The van der Waals surface area contributed by atoms with E-state index in [1.54, 1.807) is 14.2 Å². The molecule has 0 amide bonds. The third kappa shape index (κ3) is 2.07. The van der Waals surface area contributed by atoms with Gasteiger partial charge < -0.3 is 14.6 Å². The van der Waals surface area contributed by atoms with Crippen LogP contribution in [0.25, 0.3) is 10.8 Å². The van der Waals surface area contributed by atoms with Crippen molar-refractivity contribution in [1.82, 2.24) is 0 Å². The molecule has 0 aromatic heterocycles. The highest BCUT2D eigenvalue weighted by Crippen LogP contribution is 2.44. The molecule has 1 unspecified atom stereocenters. The maximum atomic E-state index is 12.2. The van der Waals surface area contributed by atoms with E-state index in [9.17, 15) is 9.90 Å². The molecule has 110 valence electrons. The van der Waals surface area contributed by atoms with E-state index in [1.165, 1.54) is 0 Å². The van der Waals surface area contributed by atoms with Gasteiger partial charge in [-0.05, 0) is 42.0 Å². The molecule has 1 atom stereocenters. The molecule has 1 aliphatic rings. The second-order valence-corrected chi connectivity index (χ2v) is 5.44. The number of rotatable bonds is 2. The van der Waals surface area contributed by atoms with Crippen molar-refractivity contribution in [2.45, 2.75) is 25.9 Å². The summed E-state index contributed by atoms with van der Waals surface area (Å²) in [6.07, 6.45) is 0.883. The van der Waals surface area contributed by atoms with Crippen molar-refractivity contribution < 1.29 is 19.4 Å². The summed E-state index contributed by atoms with van der Waals surface area (Å²) in [5.74, 6) is 0.545. The minimum absolute atomic E-state index is 0.00565. The molecule has 0 heterocycles. The molecule has 4 heteroatoms. The molecule has 0 fully saturated rings. The number of aromatic hydroxyl groups is 1. The monoisotopic (exact) mass is 286 g/mol. The van der Waals surface area contributed by atoms with Crippen LogP contribution < -0.4 is 4.74 Å². The number of hydrogen-bond donors (Lipinski definition) is 1. The van der Waals surface area contributed by atoms with Gasteiger partial charge >= 0.3 is 0 Å². The van der Waals surface area contributed by atoms with Gasteiger partial charge in [-0.3, -0.25) is 4.79 Å². The SMILES string of the molecule is COc1cc(C)cc2cc3c(c(O)c12)C(=O)CCC3OC. The molecule has 0 saturated carbocycles. The summed E-state index contributed by atoms with van der Waals surface area (Å²) < 4.78 is 10.8. The molecule has 2 aromatic carbocycles. The van der Waals surface area contributed by atoms with E-state index in [0.29, 0.717) is 29.5 Å². The van der Waals surface area contributed by atoms with Crippen molar-refractivity contribution >= 4 is 16.6 Å². The smallest absolute Gasteiger partial charge is 0.167 e. The van der Waals surface area contributed by atoms with Gasteiger partial charge in [0.2, 0.25) is 0 Å². The number of methoxy groups -OCH3 is 2. The minimum atomic E-state index is -0.153. The van der Waals surface area contributed by atoms with E-state index in [4.69, 9.17) is 9.47 Å². The van der Waals surface area contributed by atoms with E-state index < -0.39 is 0 Å². The average Bonchev–Trinajstić information content (AvgIpc) is 2.46. The topological polar surface area (TPSA) is 55.8 Å². The Morgan fingerprint density at radius 1 is 1.24 bits per heavy atom. The first-order chi connectivity index (χ1) is 10.1. The van der Waals surface area contributed by atoms with E-state index in [1.807, 2.05) is 25.1 Å². The molecule has 2 aromatic rings. The van der Waals surface area contributed by atoms with Crippen LogP contribution in [0.4, 0.5) is 0 Å². The van der Waals surface area contributed by atoms with Crippen LogP contribution in [-0.2, 0) is 4.74 Å². The Bertz CT molecular complexity index is 733. The molecule has 21 heavy (non-hydrogen) atoms. The highest BCUT2D eigenvalue weighted by molar-refractivity contribution is 6.08. The number of benzene rings is 2. The second kappa shape index (κ2) is 5.04. The summed E-state index contributed by atoms with van der Waals surface area (Å²) >= 11 is 0. The Hall–Kier alpha value is -2.07. The molecule has 0 saturated heterocycles. The van der Waals surface area contributed by atoms with Crippen LogP contribution in [0.15, 0.2) is 18.2 Å². The lowest BCUT2D eigenvalue weighted by Crippen LogP contribution is -2.17. The van der Waals surface area contributed by atoms with Crippen molar-refractivity contribution in [3.63, 3.8) is 0 Å². The number of Topliss-reactive ketones (excluding diaryl/α,β-unsaturated/α-hetero) is 1. The van der Waals surface area contributed by atoms with Gasteiger partial charge in [0.25, 0.3) is 0 Å². The number of fused-ring (bicyclic) bond motifs is 2. The summed E-state index contributed by atoms with van der Waals surface area (Å²) in [5.41, 5.74) is 2.18. The van der Waals surface area contributed by atoms with Gasteiger partial charge in [-0.25, -0.2) is 0 Å². The normalized spacial score (nSPS) is 17.9. The van der Waals surface area contributed by atoms with Gasteiger partial charge in [0.05, 0.1) is 24.2 Å². The molecule has 0 spiro atoms. The van der Waals surface area contributed by atoms with Crippen molar-refractivity contribution in [2.24, 2.45) is 0 Å². The standard InChI is InChI=1S/C17H18O4/c1-9-6-10-8-11-13(20-2)5-4-12(18)16(11)17(19)15(10)14(7-9)21-3/h6-8,13,19H,4-5H2,1-3H3. The number of phenolic OH excluding ortho intramolecular Hbond substituents is 1. The number of carbonyl (C=O) groups excluding carboxylic acids is 1. The molecule has 0 radical (unpaired) electrons. The maximum Gasteiger partial charge on any atom is 0.167 e. The number of aryl methyl sites for hydroxylation is 1. The molecule has 1 aliphatic carbocycles. The molecule has 4 nitrogen and oxygen atoms in total. The number of hydrogen-bond acceptors (Lipinski definition) is 4. The fourth-order valence-corrected chi connectivity index (χ4v) is 3.14. The first-order valence-corrected chi connectivity index (χ1v) is 6.97. The van der Waals surface area contributed by atoms with E-state index >= 15 is 0 Å². The van der Waals surface area contributed by atoms with Crippen LogP contribution in [0.1, 0.15) is 40.4 Å². The largest absolute Gasteiger partial charge is 0.506 e. The summed E-state index contributed by atoms with van der Waals surface area (Å²) in [4.78, 5) is 12.2. The molecular weight excluding hydrogens is 268 g/mol. The Labute approximate surface area is 123 Å². The van der Waals surface area contributed by atoms with Crippen LogP contribution in [0.3, 0.4) is 0 Å². The third-order valence-corrected chi connectivity index (χ3v) is 4.11. The van der Waals surface area contributed by atoms with Gasteiger partial charge in [0.1, 0.15) is 11.5 Å². The fraction of sp³-hybridized carbons (Fsp3) is 0.353. The minimum Gasteiger partial charge on any atom is -0.506 e. The van der Waals surface area contributed by atoms with Crippen LogP contribution in [0.2, 0.25) is 0 Å². The lowest BCUT2D eigenvalue weighted by atomic mass is 9.85. The Morgan fingerprint density at radius 3 is 2.67 bits per heavy atom.